The lowest BCUT2D eigenvalue weighted by atomic mass is 9.52. The van der Waals surface area contributed by atoms with Crippen LogP contribution in [0.3, 0.4) is 0 Å². The van der Waals surface area contributed by atoms with Gasteiger partial charge in [0.25, 0.3) is 0 Å². The molecule has 0 radical (unpaired) electrons. The lowest BCUT2D eigenvalue weighted by Gasteiger charge is -2.51. The first-order chi connectivity index (χ1) is 17.2. The molecule has 9 nitrogen and oxygen atoms in total. The van der Waals surface area contributed by atoms with Crippen LogP contribution in [0, 0.1) is 11.3 Å². The van der Waals surface area contributed by atoms with E-state index in [0.29, 0.717) is 0 Å². The van der Waals surface area contributed by atoms with Gasteiger partial charge in [-0.3, -0.25) is 9.59 Å². The first-order valence-electron chi connectivity index (χ1n) is 11.9. The minimum Gasteiger partial charge on any atom is -0.508 e. The number of ether oxygens (including phenoxy) is 1. The first kappa shape index (κ1) is 28.3. The van der Waals surface area contributed by atoms with Crippen molar-refractivity contribution in [3.63, 3.8) is 0 Å². The van der Waals surface area contributed by atoms with Crippen LogP contribution in [-0.4, -0.2) is 65.8 Å². The van der Waals surface area contributed by atoms with E-state index >= 15 is 0 Å². The van der Waals surface area contributed by atoms with E-state index in [2.05, 4.69) is 0 Å². The molecule has 0 amide bonds. The summed E-state index contributed by atoms with van der Waals surface area (Å²) in [4.78, 5) is 27.5. The monoisotopic (exact) mass is 514 g/mol. The van der Waals surface area contributed by atoms with E-state index < -0.39 is 63.6 Å². The summed E-state index contributed by atoms with van der Waals surface area (Å²) < 4.78 is 5.95. The standard InChI is InChI=1S/C28H34O9/c1-6-7-9-12-18(30)17-15-25(3,35)28(36)26(4,24(17)34)22-20(19(31)13-10-8-11-14-29)21(32)16(2)23(33)27(22,5)37-28/h6-13,22,29-32,35-36H,14-15H2,1-5H3/b7-6+,11-8+,12-9+,13-10+,18-17+,20-19-/t22-,25+,26-,27+,28+/m1/s1. The molecule has 0 aromatic heterocycles. The Bertz CT molecular complexity index is 1230. The van der Waals surface area contributed by atoms with Gasteiger partial charge in [0.2, 0.25) is 5.79 Å². The second-order valence-electron chi connectivity index (χ2n) is 10.1. The quantitative estimate of drug-likeness (QED) is 0.184. The first-order valence-corrected chi connectivity index (χ1v) is 11.9. The van der Waals surface area contributed by atoms with Gasteiger partial charge in [-0.25, -0.2) is 0 Å². The Kier molecular flexibility index (Phi) is 7.33. The molecular formula is C28H34O9. The average Bonchev–Trinajstić information content (AvgIpc) is 3.04. The molecule has 0 spiro atoms. The molecule has 0 aromatic rings. The van der Waals surface area contributed by atoms with E-state index in [9.17, 15) is 35.1 Å². The fraction of sp³-hybridized carbons (Fsp3) is 0.429. The van der Waals surface area contributed by atoms with E-state index in [1.807, 2.05) is 0 Å². The minimum absolute atomic E-state index is 0.162. The molecule has 2 aliphatic carbocycles. The Morgan fingerprint density at radius 1 is 1.00 bits per heavy atom. The normalized spacial score (nSPS) is 39.4. The molecule has 1 aliphatic heterocycles. The van der Waals surface area contributed by atoms with Gasteiger partial charge in [-0.15, -0.1) is 0 Å². The zero-order chi connectivity index (χ0) is 28.0. The summed E-state index contributed by atoms with van der Waals surface area (Å²) >= 11 is 0. The maximum atomic E-state index is 14.1. The van der Waals surface area contributed by atoms with Crippen molar-refractivity contribution in [2.24, 2.45) is 11.3 Å². The van der Waals surface area contributed by atoms with Crippen LogP contribution in [0.5, 0.6) is 0 Å². The maximum Gasteiger partial charge on any atom is 0.209 e. The van der Waals surface area contributed by atoms with Gasteiger partial charge in [-0.1, -0.05) is 36.5 Å². The number of hydrogen-bond donors (Lipinski definition) is 6. The lowest BCUT2D eigenvalue weighted by Crippen LogP contribution is -2.68. The summed E-state index contributed by atoms with van der Waals surface area (Å²) in [5, 5.41) is 65.1. The van der Waals surface area contributed by atoms with Crippen molar-refractivity contribution in [2.45, 2.75) is 58.0 Å². The number of rotatable bonds is 5. The van der Waals surface area contributed by atoms with Crippen LogP contribution in [0.25, 0.3) is 0 Å². The number of Topliss-reactive ketones (excluding diaryl/α,β-unsaturated/α-hetero) is 2. The minimum atomic E-state index is -2.64. The smallest absolute Gasteiger partial charge is 0.209 e. The van der Waals surface area contributed by atoms with E-state index in [-0.39, 0.29) is 23.3 Å². The molecule has 6 N–H and O–H groups in total. The molecule has 0 aromatic carbocycles. The van der Waals surface area contributed by atoms with Gasteiger partial charge >= 0.3 is 0 Å². The van der Waals surface area contributed by atoms with Crippen LogP contribution in [0.2, 0.25) is 0 Å². The molecule has 1 saturated carbocycles. The van der Waals surface area contributed by atoms with Crippen molar-refractivity contribution >= 4 is 11.6 Å². The van der Waals surface area contributed by atoms with Crippen LogP contribution < -0.4 is 0 Å². The molecule has 1 heterocycles. The lowest BCUT2D eigenvalue weighted by molar-refractivity contribution is -0.326. The van der Waals surface area contributed by atoms with Gasteiger partial charge in [0.15, 0.2) is 11.6 Å². The van der Waals surface area contributed by atoms with Gasteiger partial charge in [0.1, 0.15) is 28.5 Å². The highest BCUT2D eigenvalue weighted by atomic mass is 16.7. The highest BCUT2D eigenvalue weighted by Gasteiger charge is 2.81. The number of aliphatic hydroxyl groups excluding tert-OH is 4. The van der Waals surface area contributed by atoms with Crippen LogP contribution in [0.4, 0.5) is 0 Å². The average molecular weight is 515 g/mol. The number of allylic oxidation sites excluding steroid dienone is 8. The third-order valence-electron chi connectivity index (χ3n) is 7.63. The van der Waals surface area contributed by atoms with Crippen molar-refractivity contribution in [1.82, 2.24) is 0 Å². The maximum absolute atomic E-state index is 14.1. The van der Waals surface area contributed by atoms with Crippen LogP contribution in [0.1, 0.15) is 41.0 Å². The predicted molar refractivity (Wildman–Crippen MR) is 135 cm³/mol. The largest absolute Gasteiger partial charge is 0.508 e. The summed E-state index contributed by atoms with van der Waals surface area (Å²) in [7, 11) is 0. The fourth-order valence-corrected chi connectivity index (χ4v) is 5.80. The Hall–Kier alpha value is -3.24. The fourth-order valence-electron chi connectivity index (χ4n) is 5.80. The van der Waals surface area contributed by atoms with Gasteiger partial charge in [0.05, 0.1) is 12.0 Å². The summed E-state index contributed by atoms with van der Waals surface area (Å²) in [6.07, 6.45) is 11.0. The summed E-state index contributed by atoms with van der Waals surface area (Å²) in [5.41, 5.74) is -6.87. The van der Waals surface area contributed by atoms with Gasteiger partial charge in [0, 0.05) is 29.1 Å². The number of carbonyl (C=O) groups excluding carboxylic acids is 2. The SMILES string of the molecule is C/C=C/C=C/C(O)=C1/C[C@](C)(O)[C@]2(O)O[C@]3(C)C(=O)C(C)=C(O)\C(=C(O)/C=C/C=C/CO)[C@@H]3[C@]2(C)C1=O. The Morgan fingerprint density at radius 2 is 1.59 bits per heavy atom. The molecule has 37 heavy (non-hydrogen) atoms. The third kappa shape index (κ3) is 3.93. The zero-order valence-corrected chi connectivity index (χ0v) is 21.5. The van der Waals surface area contributed by atoms with Gasteiger partial charge in [-0.05, 0) is 46.8 Å². The second kappa shape index (κ2) is 9.57. The molecule has 3 rings (SSSR count). The van der Waals surface area contributed by atoms with Crippen molar-refractivity contribution in [1.29, 1.82) is 0 Å². The second-order valence-corrected chi connectivity index (χ2v) is 10.1. The van der Waals surface area contributed by atoms with Crippen molar-refractivity contribution < 1.29 is 45.0 Å². The number of fused-ring (bicyclic) bond motifs is 3. The summed E-state index contributed by atoms with van der Waals surface area (Å²) in [6.45, 7) is 6.69. The van der Waals surface area contributed by atoms with Crippen molar-refractivity contribution in [2.75, 3.05) is 6.61 Å². The Balaban J connectivity index is 2.38. The number of aliphatic hydroxyl groups is 6. The Morgan fingerprint density at radius 3 is 2.19 bits per heavy atom. The number of ketones is 2. The molecule has 0 unspecified atom stereocenters. The molecule has 5 atom stereocenters. The van der Waals surface area contributed by atoms with E-state index in [1.54, 1.807) is 19.1 Å². The highest BCUT2D eigenvalue weighted by Crippen LogP contribution is 2.67. The highest BCUT2D eigenvalue weighted by molar-refractivity contribution is 6.09. The molecule has 3 aliphatic rings. The van der Waals surface area contributed by atoms with Crippen molar-refractivity contribution in [3.05, 3.63) is 82.6 Å². The van der Waals surface area contributed by atoms with Crippen molar-refractivity contribution in [3.8, 4) is 0 Å². The number of carbonyl (C=O) groups is 2. The van der Waals surface area contributed by atoms with Crippen LogP contribution in [-0.2, 0) is 14.3 Å². The van der Waals surface area contributed by atoms with Gasteiger partial charge < -0.3 is 35.4 Å². The molecule has 200 valence electrons. The zero-order valence-electron chi connectivity index (χ0n) is 21.5. The van der Waals surface area contributed by atoms with Crippen LogP contribution in [0.15, 0.2) is 82.6 Å². The van der Waals surface area contributed by atoms with Crippen LogP contribution >= 0.6 is 0 Å². The third-order valence-corrected chi connectivity index (χ3v) is 7.63. The summed E-state index contributed by atoms with van der Waals surface area (Å²) in [5.74, 6) is -7.19. The van der Waals surface area contributed by atoms with E-state index in [1.165, 1.54) is 64.2 Å². The molecule has 2 fully saturated rings. The molecule has 0 bridgehead atoms. The predicted octanol–water partition coefficient (Wildman–Crippen LogP) is 3.09. The molecule has 9 heteroatoms. The topological polar surface area (TPSA) is 165 Å². The van der Waals surface area contributed by atoms with E-state index in [4.69, 9.17) is 9.84 Å². The van der Waals surface area contributed by atoms with Gasteiger partial charge in [-0.2, -0.15) is 0 Å². The molecular weight excluding hydrogens is 480 g/mol. The van der Waals surface area contributed by atoms with E-state index in [0.717, 1.165) is 0 Å². The number of hydrogen-bond acceptors (Lipinski definition) is 9. The summed E-state index contributed by atoms with van der Waals surface area (Å²) in [6, 6.07) is 0. The molecule has 1 saturated heterocycles. The Labute approximate surface area is 215 Å².